The molecule has 1 aromatic heterocycles. The molecule has 18 heavy (non-hydrogen) atoms. The number of carbonyl (C=O) groups is 1. The second-order valence-corrected chi connectivity index (χ2v) is 3.54. The molecule has 8 nitrogen and oxygen atoms in total. The smallest absolute Gasteiger partial charge is 0.277 e. The van der Waals surface area contributed by atoms with Crippen LogP contribution in [0.3, 0.4) is 0 Å². The molecule has 8 heteroatoms. The molecule has 0 saturated carbocycles. The van der Waals surface area contributed by atoms with E-state index in [0.29, 0.717) is 5.69 Å². The van der Waals surface area contributed by atoms with Crippen molar-refractivity contribution in [2.45, 2.75) is 0 Å². The number of anilines is 1. The Morgan fingerprint density at radius 2 is 2.06 bits per heavy atom. The standard InChI is InChI=1S/C10H9N5O3/c1-14-6-9(12-13-14)10(16)11-7-2-4-8(5-3-7)15(17)18/h2-6H,1H3,(H,11,16). The van der Waals surface area contributed by atoms with E-state index in [-0.39, 0.29) is 11.4 Å². The number of aromatic nitrogens is 3. The Morgan fingerprint density at radius 1 is 1.39 bits per heavy atom. The van der Waals surface area contributed by atoms with Gasteiger partial charge in [-0.05, 0) is 12.1 Å². The number of aryl methyl sites for hydroxylation is 1. The van der Waals surface area contributed by atoms with Crippen LogP contribution in [0, 0.1) is 10.1 Å². The van der Waals surface area contributed by atoms with Crippen molar-refractivity contribution < 1.29 is 9.72 Å². The van der Waals surface area contributed by atoms with Crippen molar-refractivity contribution in [3.63, 3.8) is 0 Å². The first-order valence-electron chi connectivity index (χ1n) is 4.98. The molecule has 0 unspecified atom stereocenters. The van der Waals surface area contributed by atoms with Gasteiger partial charge in [0.05, 0.1) is 11.1 Å². The molecule has 0 atom stereocenters. The number of rotatable bonds is 3. The maximum atomic E-state index is 11.7. The number of hydrogen-bond donors (Lipinski definition) is 1. The third-order valence-electron chi connectivity index (χ3n) is 2.17. The van der Waals surface area contributed by atoms with E-state index in [1.54, 1.807) is 7.05 Å². The fourth-order valence-corrected chi connectivity index (χ4v) is 1.31. The molecule has 0 aliphatic carbocycles. The fourth-order valence-electron chi connectivity index (χ4n) is 1.31. The van der Waals surface area contributed by atoms with E-state index in [0.717, 1.165) is 0 Å². The monoisotopic (exact) mass is 247 g/mol. The Labute approximate surface area is 101 Å². The van der Waals surface area contributed by atoms with E-state index in [4.69, 9.17) is 0 Å². The lowest BCUT2D eigenvalue weighted by Gasteiger charge is -2.01. The molecule has 2 aromatic rings. The van der Waals surface area contributed by atoms with Crippen molar-refractivity contribution >= 4 is 17.3 Å². The average molecular weight is 247 g/mol. The number of benzene rings is 1. The minimum absolute atomic E-state index is 0.0347. The highest BCUT2D eigenvalue weighted by Gasteiger charge is 2.11. The second-order valence-electron chi connectivity index (χ2n) is 3.54. The number of nitro benzene ring substituents is 1. The first-order chi connectivity index (χ1) is 8.56. The highest BCUT2D eigenvalue weighted by atomic mass is 16.6. The highest BCUT2D eigenvalue weighted by molar-refractivity contribution is 6.02. The van der Waals surface area contributed by atoms with E-state index in [1.165, 1.54) is 35.1 Å². The van der Waals surface area contributed by atoms with Crippen molar-refractivity contribution in [2.24, 2.45) is 7.05 Å². The largest absolute Gasteiger partial charge is 0.321 e. The van der Waals surface area contributed by atoms with Crippen molar-refractivity contribution in [2.75, 3.05) is 5.32 Å². The van der Waals surface area contributed by atoms with Crippen molar-refractivity contribution in [3.8, 4) is 0 Å². The molecule has 0 spiro atoms. The van der Waals surface area contributed by atoms with Gasteiger partial charge >= 0.3 is 0 Å². The summed E-state index contributed by atoms with van der Waals surface area (Å²) >= 11 is 0. The summed E-state index contributed by atoms with van der Waals surface area (Å²) in [5.74, 6) is -0.419. The zero-order valence-electron chi connectivity index (χ0n) is 9.40. The van der Waals surface area contributed by atoms with Gasteiger partial charge in [0, 0.05) is 24.9 Å². The Hall–Kier alpha value is -2.77. The highest BCUT2D eigenvalue weighted by Crippen LogP contribution is 2.15. The Morgan fingerprint density at radius 3 is 2.56 bits per heavy atom. The van der Waals surface area contributed by atoms with E-state index in [1.807, 2.05) is 0 Å². The lowest BCUT2D eigenvalue weighted by Crippen LogP contribution is -2.12. The van der Waals surface area contributed by atoms with Crippen molar-refractivity contribution in [3.05, 3.63) is 46.3 Å². The maximum Gasteiger partial charge on any atom is 0.277 e. The van der Waals surface area contributed by atoms with Crippen LogP contribution in [0.25, 0.3) is 0 Å². The van der Waals surface area contributed by atoms with Crippen LogP contribution in [0.2, 0.25) is 0 Å². The number of nitrogens with one attached hydrogen (secondary N) is 1. The van der Waals surface area contributed by atoms with Gasteiger partial charge in [-0.25, -0.2) is 0 Å². The van der Waals surface area contributed by atoms with Crippen LogP contribution < -0.4 is 5.32 Å². The number of hydrogen-bond acceptors (Lipinski definition) is 5. The Kier molecular flexibility index (Phi) is 3.00. The average Bonchev–Trinajstić information content (AvgIpc) is 2.76. The van der Waals surface area contributed by atoms with Gasteiger partial charge in [0.25, 0.3) is 11.6 Å². The zero-order valence-corrected chi connectivity index (χ0v) is 9.40. The van der Waals surface area contributed by atoms with Crippen LogP contribution in [0.4, 0.5) is 11.4 Å². The molecule has 0 aliphatic heterocycles. The zero-order chi connectivity index (χ0) is 13.1. The lowest BCUT2D eigenvalue weighted by molar-refractivity contribution is -0.384. The van der Waals surface area contributed by atoms with Gasteiger partial charge in [-0.15, -0.1) is 5.10 Å². The van der Waals surface area contributed by atoms with Crippen LogP contribution in [-0.4, -0.2) is 25.8 Å². The quantitative estimate of drug-likeness (QED) is 0.643. The first-order valence-corrected chi connectivity index (χ1v) is 4.98. The van der Waals surface area contributed by atoms with E-state index in [2.05, 4.69) is 15.6 Å². The molecule has 0 bridgehead atoms. The molecule has 1 N–H and O–H groups in total. The Bertz CT molecular complexity index is 590. The van der Waals surface area contributed by atoms with Gasteiger partial charge in [0.2, 0.25) is 0 Å². The summed E-state index contributed by atoms with van der Waals surface area (Å²) in [6.07, 6.45) is 1.47. The van der Waals surface area contributed by atoms with Crippen LogP contribution in [0.1, 0.15) is 10.5 Å². The Balaban J connectivity index is 2.10. The number of carbonyl (C=O) groups excluding carboxylic acids is 1. The van der Waals surface area contributed by atoms with Crippen molar-refractivity contribution in [1.82, 2.24) is 15.0 Å². The van der Waals surface area contributed by atoms with Crippen LogP contribution in [0.15, 0.2) is 30.5 Å². The van der Waals surface area contributed by atoms with Crippen LogP contribution in [0.5, 0.6) is 0 Å². The molecule has 1 heterocycles. The molecule has 0 fully saturated rings. The number of non-ortho nitro benzene ring substituents is 1. The summed E-state index contributed by atoms with van der Waals surface area (Å²) in [7, 11) is 1.65. The fraction of sp³-hybridized carbons (Fsp3) is 0.100. The molecule has 0 radical (unpaired) electrons. The third-order valence-corrected chi connectivity index (χ3v) is 2.17. The number of amides is 1. The molecule has 0 aliphatic rings. The predicted molar refractivity (Wildman–Crippen MR) is 62.1 cm³/mol. The van der Waals surface area contributed by atoms with Gasteiger partial charge in [-0.2, -0.15) is 0 Å². The van der Waals surface area contributed by atoms with Gasteiger partial charge in [-0.3, -0.25) is 19.6 Å². The lowest BCUT2D eigenvalue weighted by atomic mass is 10.3. The molecule has 1 amide bonds. The minimum atomic E-state index is -0.506. The number of nitrogens with zero attached hydrogens (tertiary/aromatic N) is 4. The van der Waals surface area contributed by atoms with E-state index >= 15 is 0 Å². The van der Waals surface area contributed by atoms with Crippen LogP contribution in [-0.2, 0) is 7.05 Å². The van der Waals surface area contributed by atoms with Crippen molar-refractivity contribution in [1.29, 1.82) is 0 Å². The van der Waals surface area contributed by atoms with Gasteiger partial charge < -0.3 is 5.32 Å². The molecular weight excluding hydrogens is 238 g/mol. The summed E-state index contributed by atoms with van der Waals surface area (Å²) < 4.78 is 1.41. The normalized spacial score (nSPS) is 10.1. The summed E-state index contributed by atoms with van der Waals surface area (Å²) in [4.78, 5) is 21.6. The molecule has 0 saturated heterocycles. The SMILES string of the molecule is Cn1cc(C(=O)Nc2ccc([N+](=O)[O-])cc2)nn1. The molecule has 2 rings (SSSR count). The van der Waals surface area contributed by atoms with Gasteiger partial charge in [-0.1, -0.05) is 5.21 Å². The summed E-state index contributed by atoms with van der Waals surface area (Å²) in [6.45, 7) is 0. The van der Waals surface area contributed by atoms with E-state index in [9.17, 15) is 14.9 Å². The van der Waals surface area contributed by atoms with E-state index < -0.39 is 10.8 Å². The second kappa shape index (κ2) is 4.62. The summed E-state index contributed by atoms with van der Waals surface area (Å²) in [5.41, 5.74) is 0.597. The molecule has 1 aromatic carbocycles. The predicted octanol–water partition coefficient (Wildman–Crippen LogP) is 0.976. The summed E-state index contributed by atoms with van der Waals surface area (Å²) in [6, 6.07) is 5.53. The minimum Gasteiger partial charge on any atom is -0.321 e. The molecule has 92 valence electrons. The third kappa shape index (κ3) is 2.48. The first kappa shape index (κ1) is 11.7. The van der Waals surface area contributed by atoms with Crippen LogP contribution >= 0.6 is 0 Å². The number of nitro groups is 1. The topological polar surface area (TPSA) is 103 Å². The summed E-state index contributed by atoms with van der Waals surface area (Å²) in [5, 5.41) is 20.3. The molecular formula is C10H9N5O3. The van der Waals surface area contributed by atoms with Gasteiger partial charge in [0.1, 0.15) is 0 Å². The van der Waals surface area contributed by atoms with Gasteiger partial charge in [0.15, 0.2) is 5.69 Å². The maximum absolute atomic E-state index is 11.7.